The van der Waals surface area contributed by atoms with Crippen molar-refractivity contribution in [1.82, 2.24) is 9.78 Å². The zero-order valence-corrected chi connectivity index (χ0v) is 11.7. The normalized spacial score (nSPS) is 25.8. The first-order valence-corrected chi connectivity index (χ1v) is 7.46. The summed E-state index contributed by atoms with van der Waals surface area (Å²) in [6.07, 6.45) is 6.67. The van der Waals surface area contributed by atoms with Gasteiger partial charge in [-0.25, -0.2) is 0 Å². The average molecular weight is 253 g/mol. The number of aromatic nitrogens is 2. The third-order valence-electron chi connectivity index (χ3n) is 3.62. The summed E-state index contributed by atoms with van der Waals surface area (Å²) in [6, 6.07) is 2.18. The molecule has 1 heterocycles. The molecule has 1 fully saturated rings. The van der Waals surface area contributed by atoms with Gasteiger partial charge >= 0.3 is 0 Å². The molecule has 0 aliphatic heterocycles. The van der Waals surface area contributed by atoms with Gasteiger partial charge in [-0.3, -0.25) is 4.68 Å². The van der Waals surface area contributed by atoms with Gasteiger partial charge in [-0.05, 0) is 38.3 Å². The minimum atomic E-state index is 0.678. The van der Waals surface area contributed by atoms with Crippen molar-refractivity contribution >= 4 is 11.8 Å². The lowest BCUT2D eigenvalue weighted by Gasteiger charge is -2.22. The van der Waals surface area contributed by atoms with Gasteiger partial charge in [0.05, 0.1) is 10.7 Å². The molecule has 96 valence electrons. The molecule has 2 N–H and O–H groups in total. The van der Waals surface area contributed by atoms with Crippen LogP contribution in [0.25, 0.3) is 0 Å². The van der Waals surface area contributed by atoms with Crippen LogP contribution in [0.3, 0.4) is 0 Å². The largest absolute Gasteiger partial charge is 0.330 e. The van der Waals surface area contributed by atoms with E-state index in [0.717, 1.165) is 12.2 Å². The molecule has 1 aromatic heterocycles. The molecular weight excluding hydrogens is 230 g/mol. The third-order valence-corrected chi connectivity index (χ3v) is 5.17. The van der Waals surface area contributed by atoms with Crippen LogP contribution in [0.5, 0.6) is 0 Å². The standard InChI is InChI=1S/C13H23N3S/c1-10-8-13(16(2)15-10)17-12-7-5-3-4-6-11(12)9-14/h8,11-12H,3-7,9,14H2,1-2H3. The Hall–Kier alpha value is -0.480. The number of nitrogens with zero attached hydrogens (tertiary/aromatic N) is 2. The van der Waals surface area contributed by atoms with Crippen molar-refractivity contribution in [3.63, 3.8) is 0 Å². The highest BCUT2D eigenvalue weighted by Crippen LogP contribution is 2.36. The topological polar surface area (TPSA) is 43.8 Å². The van der Waals surface area contributed by atoms with E-state index in [1.165, 1.54) is 37.1 Å². The second-order valence-corrected chi connectivity index (χ2v) is 6.30. The van der Waals surface area contributed by atoms with E-state index in [4.69, 9.17) is 5.73 Å². The van der Waals surface area contributed by atoms with Crippen molar-refractivity contribution in [1.29, 1.82) is 0 Å². The van der Waals surface area contributed by atoms with Crippen LogP contribution in [0, 0.1) is 12.8 Å². The monoisotopic (exact) mass is 253 g/mol. The van der Waals surface area contributed by atoms with Crippen LogP contribution in [-0.2, 0) is 7.05 Å². The van der Waals surface area contributed by atoms with Gasteiger partial charge in [-0.15, -0.1) is 11.8 Å². The quantitative estimate of drug-likeness (QED) is 0.842. The van der Waals surface area contributed by atoms with Gasteiger partial charge in [0.15, 0.2) is 0 Å². The van der Waals surface area contributed by atoms with Crippen LogP contribution in [0.2, 0.25) is 0 Å². The van der Waals surface area contributed by atoms with Crippen molar-refractivity contribution in [2.75, 3.05) is 6.54 Å². The molecule has 3 nitrogen and oxygen atoms in total. The zero-order valence-electron chi connectivity index (χ0n) is 10.9. The molecule has 0 aromatic carbocycles. The molecular formula is C13H23N3S. The molecule has 2 rings (SSSR count). The molecule has 0 bridgehead atoms. The summed E-state index contributed by atoms with van der Waals surface area (Å²) in [5.74, 6) is 0.678. The van der Waals surface area contributed by atoms with Crippen molar-refractivity contribution < 1.29 is 0 Å². The molecule has 2 atom stereocenters. The van der Waals surface area contributed by atoms with E-state index in [0.29, 0.717) is 11.2 Å². The number of nitrogens with two attached hydrogens (primary N) is 1. The van der Waals surface area contributed by atoms with Gasteiger partial charge in [0.25, 0.3) is 0 Å². The van der Waals surface area contributed by atoms with E-state index >= 15 is 0 Å². The van der Waals surface area contributed by atoms with Gasteiger partial charge in [0, 0.05) is 12.3 Å². The summed E-state index contributed by atoms with van der Waals surface area (Å²) in [5, 5.41) is 6.38. The summed E-state index contributed by atoms with van der Waals surface area (Å²) in [6.45, 7) is 2.88. The second-order valence-electron chi connectivity index (χ2n) is 5.04. The maximum Gasteiger partial charge on any atom is 0.0942 e. The first kappa shape index (κ1) is 13.0. The van der Waals surface area contributed by atoms with Crippen LogP contribution in [0.4, 0.5) is 0 Å². The molecule has 17 heavy (non-hydrogen) atoms. The van der Waals surface area contributed by atoms with E-state index in [1.54, 1.807) is 0 Å². The lowest BCUT2D eigenvalue weighted by Crippen LogP contribution is -2.24. The summed E-state index contributed by atoms with van der Waals surface area (Å²) in [7, 11) is 2.03. The smallest absolute Gasteiger partial charge is 0.0942 e. The van der Waals surface area contributed by atoms with Crippen molar-refractivity contribution in [3.05, 3.63) is 11.8 Å². The summed E-state index contributed by atoms with van der Waals surface area (Å²) >= 11 is 1.98. The fourth-order valence-electron chi connectivity index (χ4n) is 2.63. The van der Waals surface area contributed by atoms with Crippen molar-refractivity contribution in [2.45, 2.75) is 49.3 Å². The number of hydrogen-bond acceptors (Lipinski definition) is 3. The molecule has 1 aromatic rings. The Bertz CT molecular complexity index is 362. The van der Waals surface area contributed by atoms with E-state index in [-0.39, 0.29) is 0 Å². The van der Waals surface area contributed by atoms with Crippen LogP contribution in [0.1, 0.15) is 37.8 Å². The molecule has 0 amide bonds. The molecule has 4 heteroatoms. The minimum Gasteiger partial charge on any atom is -0.330 e. The number of hydrogen-bond donors (Lipinski definition) is 1. The maximum atomic E-state index is 5.92. The molecule has 2 unspecified atom stereocenters. The predicted octanol–water partition coefficient (Wildman–Crippen LogP) is 2.73. The highest BCUT2D eigenvalue weighted by Gasteiger charge is 2.24. The first-order valence-electron chi connectivity index (χ1n) is 6.58. The molecule has 1 aliphatic carbocycles. The van der Waals surface area contributed by atoms with Gasteiger partial charge in [-0.1, -0.05) is 19.3 Å². The SMILES string of the molecule is Cc1cc(SC2CCCCCC2CN)n(C)n1. The Kier molecular flexibility index (Phi) is 4.51. The first-order chi connectivity index (χ1) is 8.20. The lowest BCUT2D eigenvalue weighted by atomic mass is 10.0. The van der Waals surface area contributed by atoms with E-state index < -0.39 is 0 Å². The highest BCUT2D eigenvalue weighted by atomic mass is 32.2. The van der Waals surface area contributed by atoms with E-state index in [9.17, 15) is 0 Å². The molecule has 1 aliphatic rings. The van der Waals surface area contributed by atoms with Crippen molar-refractivity contribution in [3.8, 4) is 0 Å². The average Bonchev–Trinajstić information content (AvgIpc) is 2.52. The Morgan fingerprint density at radius 2 is 2.18 bits per heavy atom. The summed E-state index contributed by atoms with van der Waals surface area (Å²) in [5.41, 5.74) is 7.03. The van der Waals surface area contributed by atoms with Gasteiger partial charge < -0.3 is 5.73 Å². The van der Waals surface area contributed by atoms with Gasteiger partial charge in [-0.2, -0.15) is 5.10 Å². The fourth-order valence-corrected chi connectivity index (χ4v) is 4.09. The van der Waals surface area contributed by atoms with Gasteiger partial charge in [0.1, 0.15) is 0 Å². The molecule has 1 saturated carbocycles. The Morgan fingerprint density at radius 3 is 2.82 bits per heavy atom. The van der Waals surface area contributed by atoms with Crippen LogP contribution >= 0.6 is 11.8 Å². The summed E-state index contributed by atoms with van der Waals surface area (Å²) < 4.78 is 2.00. The minimum absolute atomic E-state index is 0.678. The van der Waals surface area contributed by atoms with E-state index in [1.807, 2.05) is 23.5 Å². The Morgan fingerprint density at radius 1 is 1.41 bits per heavy atom. The number of rotatable bonds is 3. The molecule has 0 spiro atoms. The Labute approximate surface area is 108 Å². The van der Waals surface area contributed by atoms with E-state index in [2.05, 4.69) is 18.1 Å². The third kappa shape index (κ3) is 3.26. The Balaban J connectivity index is 2.06. The van der Waals surface area contributed by atoms with Crippen LogP contribution in [0.15, 0.2) is 11.1 Å². The molecule has 0 saturated heterocycles. The predicted molar refractivity (Wildman–Crippen MR) is 73.2 cm³/mol. The number of thioether (sulfide) groups is 1. The van der Waals surface area contributed by atoms with Gasteiger partial charge in [0.2, 0.25) is 0 Å². The highest BCUT2D eigenvalue weighted by molar-refractivity contribution is 7.99. The fraction of sp³-hybridized carbons (Fsp3) is 0.769. The zero-order chi connectivity index (χ0) is 12.3. The van der Waals surface area contributed by atoms with Crippen LogP contribution in [-0.4, -0.2) is 21.6 Å². The second kappa shape index (κ2) is 5.91. The van der Waals surface area contributed by atoms with Crippen molar-refractivity contribution in [2.24, 2.45) is 18.7 Å². The maximum absolute atomic E-state index is 5.92. The lowest BCUT2D eigenvalue weighted by molar-refractivity contribution is 0.482. The number of aryl methyl sites for hydroxylation is 2. The summed E-state index contributed by atoms with van der Waals surface area (Å²) in [4.78, 5) is 0. The van der Waals surface area contributed by atoms with Crippen LogP contribution < -0.4 is 5.73 Å². The molecule has 0 radical (unpaired) electrons.